The highest BCUT2D eigenvalue weighted by atomic mass is 32.1. The zero-order valence-electron chi connectivity index (χ0n) is 7.60. The van der Waals surface area contributed by atoms with Gasteiger partial charge in [0.2, 0.25) is 0 Å². The molecule has 0 fully saturated rings. The molecule has 4 nitrogen and oxygen atoms in total. The number of nitrogens with one attached hydrogen (secondary N) is 1. The van der Waals surface area contributed by atoms with Gasteiger partial charge in [-0.25, -0.2) is 9.67 Å². The van der Waals surface area contributed by atoms with Gasteiger partial charge < -0.3 is 5.32 Å². The predicted octanol–water partition coefficient (Wildman–Crippen LogP) is 1.66. The average Bonchev–Trinajstić information content (AvgIpc) is 2.48. The van der Waals surface area contributed by atoms with E-state index in [0.29, 0.717) is 6.04 Å². The molecule has 0 spiro atoms. The van der Waals surface area contributed by atoms with E-state index < -0.39 is 0 Å². The summed E-state index contributed by atoms with van der Waals surface area (Å²) in [6.45, 7) is 4.16. The Labute approximate surface area is 82.5 Å². The molecule has 1 aromatic rings. The van der Waals surface area contributed by atoms with E-state index in [1.54, 1.807) is 6.34 Å². The third-order valence-electron chi connectivity index (χ3n) is 2.00. The van der Waals surface area contributed by atoms with Gasteiger partial charge in [-0.15, -0.1) is 12.6 Å². The van der Waals surface area contributed by atoms with Gasteiger partial charge in [-0.3, -0.25) is 0 Å². The van der Waals surface area contributed by atoms with Gasteiger partial charge in [0.15, 0.2) is 5.82 Å². The van der Waals surface area contributed by atoms with Crippen LogP contribution in [-0.4, -0.2) is 16.1 Å². The second kappa shape index (κ2) is 3.06. The van der Waals surface area contributed by atoms with Crippen LogP contribution in [0.1, 0.15) is 30.8 Å². The third-order valence-corrected chi connectivity index (χ3v) is 2.43. The number of fused-ring (bicyclic) bond motifs is 1. The van der Waals surface area contributed by atoms with Crippen molar-refractivity contribution in [1.29, 1.82) is 0 Å². The fraction of sp³-hybridized carbons (Fsp3) is 0.500. The number of thiol groups is 1. The Kier molecular flexibility index (Phi) is 2.03. The van der Waals surface area contributed by atoms with E-state index in [-0.39, 0.29) is 5.37 Å². The Morgan fingerprint density at radius 1 is 1.62 bits per heavy atom. The van der Waals surface area contributed by atoms with E-state index in [2.05, 4.69) is 41.9 Å². The molecule has 5 heteroatoms. The first-order chi connectivity index (χ1) is 6.20. The summed E-state index contributed by atoms with van der Waals surface area (Å²) in [6.07, 6.45) is 3.48. The molecule has 2 rings (SSSR count). The smallest absolute Gasteiger partial charge is 0.158 e. The zero-order chi connectivity index (χ0) is 9.42. The lowest BCUT2D eigenvalue weighted by atomic mass is 10.3. The molecular weight excluding hydrogens is 184 g/mol. The second-order valence-electron chi connectivity index (χ2n) is 3.29. The molecule has 1 aromatic heterocycles. The Bertz CT molecular complexity index is 342. The van der Waals surface area contributed by atoms with Crippen molar-refractivity contribution in [1.82, 2.24) is 15.1 Å². The van der Waals surface area contributed by atoms with Crippen molar-refractivity contribution >= 4 is 24.8 Å². The predicted molar refractivity (Wildman–Crippen MR) is 55.6 cm³/mol. The van der Waals surface area contributed by atoms with E-state index in [1.807, 2.05) is 10.9 Å². The summed E-state index contributed by atoms with van der Waals surface area (Å²) in [5.74, 6) is 0.911. The second-order valence-corrected chi connectivity index (χ2v) is 3.81. The van der Waals surface area contributed by atoms with E-state index >= 15 is 0 Å². The maximum Gasteiger partial charge on any atom is 0.158 e. The van der Waals surface area contributed by atoms with Gasteiger partial charge in [0.25, 0.3) is 0 Å². The van der Waals surface area contributed by atoms with Crippen molar-refractivity contribution in [3.63, 3.8) is 0 Å². The molecule has 70 valence electrons. The summed E-state index contributed by atoms with van der Waals surface area (Å²) < 4.78 is 1.90. The molecule has 2 heterocycles. The highest BCUT2D eigenvalue weighted by Crippen LogP contribution is 2.31. The minimum atomic E-state index is 0.0139. The zero-order valence-corrected chi connectivity index (χ0v) is 8.49. The first-order valence-corrected chi connectivity index (χ1v) is 4.76. The normalized spacial score (nSPS) is 20.2. The molecule has 1 aliphatic rings. The van der Waals surface area contributed by atoms with Crippen LogP contribution in [0, 0.1) is 0 Å². The molecule has 0 radical (unpaired) electrons. The van der Waals surface area contributed by atoms with Crippen LogP contribution in [0.2, 0.25) is 0 Å². The number of hydrogen-bond donors (Lipinski definition) is 2. The maximum absolute atomic E-state index is 4.37. The van der Waals surface area contributed by atoms with Crippen molar-refractivity contribution in [2.75, 3.05) is 0 Å². The molecule has 0 aliphatic carbocycles. The quantitative estimate of drug-likeness (QED) is 0.671. The van der Waals surface area contributed by atoms with Crippen LogP contribution in [0.4, 0.5) is 5.82 Å². The molecule has 0 saturated carbocycles. The summed E-state index contributed by atoms with van der Waals surface area (Å²) in [4.78, 5) is 4.24. The van der Waals surface area contributed by atoms with Crippen LogP contribution in [-0.2, 0) is 0 Å². The monoisotopic (exact) mass is 196 g/mol. The van der Waals surface area contributed by atoms with Gasteiger partial charge >= 0.3 is 0 Å². The number of rotatable bonds is 1. The number of aliphatic imine (C=N–C) groups is 1. The van der Waals surface area contributed by atoms with Crippen LogP contribution in [0.5, 0.6) is 0 Å². The molecule has 0 aromatic carbocycles. The minimum absolute atomic E-state index is 0.0139. The van der Waals surface area contributed by atoms with E-state index in [0.717, 1.165) is 11.4 Å². The molecular formula is C8H12N4S. The average molecular weight is 196 g/mol. The van der Waals surface area contributed by atoms with Crippen LogP contribution in [0.25, 0.3) is 0 Å². The van der Waals surface area contributed by atoms with Crippen molar-refractivity contribution < 1.29 is 0 Å². The van der Waals surface area contributed by atoms with Crippen molar-refractivity contribution in [3.8, 4) is 0 Å². The van der Waals surface area contributed by atoms with Crippen LogP contribution in [0.15, 0.2) is 11.2 Å². The molecule has 0 saturated heterocycles. The number of hydrogen-bond acceptors (Lipinski definition) is 4. The summed E-state index contributed by atoms with van der Waals surface area (Å²) in [7, 11) is 0. The third kappa shape index (κ3) is 1.33. The largest absolute Gasteiger partial charge is 0.360 e. The molecule has 13 heavy (non-hydrogen) atoms. The van der Waals surface area contributed by atoms with E-state index in [4.69, 9.17) is 0 Å². The maximum atomic E-state index is 4.37. The Morgan fingerprint density at radius 2 is 2.38 bits per heavy atom. The lowest BCUT2D eigenvalue weighted by Gasteiger charge is -2.16. The number of nitrogens with zero attached hydrogens (tertiary/aromatic N) is 3. The Balaban J connectivity index is 2.49. The molecule has 0 bridgehead atoms. The Morgan fingerprint density at radius 3 is 3.08 bits per heavy atom. The van der Waals surface area contributed by atoms with Gasteiger partial charge in [-0.1, -0.05) is 0 Å². The molecule has 0 amide bonds. The first-order valence-electron chi connectivity index (χ1n) is 4.24. The standard InChI is InChI=1S/C8H12N4S/c1-5(2)12-7-6(3-11-12)8(13)10-4-9-7/h3-5,8,13H,1-2H3,(H,9,10). The fourth-order valence-corrected chi connectivity index (χ4v) is 1.58. The molecule has 1 N–H and O–H groups in total. The topological polar surface area (TPSA) is 42.2 Å². The van der Waals surface area contributed by atoms with Gasteiger partial charge in [-0.05, 0) is 13.8 Å². The van der Waals surface area contributed by atoms with Crippen LogP contribution >= 0.6 is 12.6 Å². The highest BCUT2D eigenvalue weighted by molar-refractivity contribution is 7.80. The van der Waals surface area contributed by atoms with Gasteiger partial charge in [0, 0.05) is 11.6 Å². The molecule has 1 aliphatic heterocycles. The van der Waals surface area contributed by atoms with Crippen molar-refractivity contribution in [3.05, 3.63) is 11.8 Å². The van der Waals surface area contributed by atoms with Crippen LogP contribution in [0.3, 0.4) is 0 Å². The molecule has 1 atom stereocenters. The summed E-state index contributed by atoms with van der Waals surface area (Å²) in [5, 5.41) is 7.29. The Hall–Kier alpha value is -0.970. The van der Waals surface area contributed by atoms with Gasteiger partial charge in [0.05, 0.1) is 12.5 Å². The van der Waals surface area contributed by atoms with E-state index in [1.165, 1.54) is 0 Å². The van der Waals surface area contributed by atoms with Gasteiger partial charge in [0.1, 0.15) is 5.37 Å². The molecule has 1 unspecified atom stereocenters. The SMILES string of the molecule is CC(C)n1ncc2c1N=CNC2S. The highest BCUT2D eigenvalue weighted by Gasteiger charge is 2.19. The van der Waals surface area contributed by atoms with Gasteiger partial charge in [-0.2, -0.15) is 5.10 Å². The summed E-state index contributed by atoms with van der Waals surface area (Å²) in [5.41, 5.74) is 1.04. The lowest BCUT2D eigenvalue weighted by molar-refractivity contribution is 0.536. The summed E-state index contributed by atoms with van der Waals surface area (Å²) >= 11 is 4.37. The lowest BCUT2D eigenvalue weighted by Crippen LogP contribution is -2.18. The minimum Gasteiger partial charge on any atom is -0.360 e. The fourth-order valence-electron chi connectivity index (χ4n) is 1.33. The van der Waals surface area contributed by atoms with E-state index in [9.17, 15) is 0 Å². The van der Waals surface area contributed by atoms with Crippen molar-refractivity contribution in [2.24, 2.45) is 4.99 Å². The number of aromatic nitrogens is 2. The summed E-state index contributed by atoms with van der Waals surface area (Å²) in [6, 6.07) is 0.333. The first kappa shape index (κ1) is 8.62. The van der Waals surface area contributed by atoms with Crippen LogP contribution < -0.4 is 5.32 Å². The van der Waals surface area contributed by atoms with Crippen molar-refractivity contribution in [2.45, 2.75) is 25.3 Å².